The first-order valence-electron chi connectivity index (χ1n) is 4.13. The van der Waals surface area contributed by atoms with Gasteiger partial charge in [-0.2, -0.15) is 0 Å². The molecule has 0 unspecified atom stereocenters. The van der Waals surface area contributed by atoms with Gasteiger partial charge in [0, 0.05) is 5.57 Å². The molecule has 0 aromatic rings. The van der Waals surface area contributed by atoms with Crippen LogP contribution >= 0.6 is 0 Å². The Balaban J connectivity index is 4.84. The van der Waals surface area contributed by atoms with Crippen LogP contribution in [-0.2, 0) is 4.79 Å². The van der Waals surface area contributed by atoms with Gasteiger partial charge in [0.15, 0.2) is 5.78 Å². The smallest absolute Gasteiger partial charge is 0.159 e. The van der Waals surface area contributed by atoms with Gasteiger partial charge in [-0.1, -0.05) is 18.2 Å². The van der Waals surface area contributed by atoms with Crippen LogP contribution in [0.2, 0.25) is 0 Å². The zero-order valence-corrected chi connectivity index (χ0v) is 8.42. The summed E-state index contributed by atoms with van der Waals surface area (Å²) in [5, 5.41) is 8.77. The molecule has 13 heavy (non-hydrogen) atoms. The number of aliphatic hydroxyl groups is 1. The van der Waals surface area contributed by atoms with Gasteiger partial charge in [0.1, 0.15) is 0 Å². The van der Waals surface area contributed by atoms with Crippen molar-refractivity contribution in [3.63, 3.8) is 0 Å². The molecule has 0 spiro atoms. The summed E-state index contributed by atoms with van der Waals surface area (Å²) in [5.41, 5.74) is 2.17. The van der Waals surface area contributed by atoms with Crippen molar-refractivity contribution in [3.8, 4) is 0 Å². The number of aliphatic hydroxyl groups excluding tert-OH is 1. The zero-order valence-electron chi connectivity index (χ0n) is 8.42. The molecular formula is C11H16O2. The molecule has 0 radical (unpaired) electrons. The molecule has 1 N–H and O–H groups in total. The van der Waals surface area contributed by atoms with Crippen LogP contribution in [0.3, 0.4) is 0 Å². The van der Waals surface area contributed by atoms with Crippen LogP contribution < -0.4 is 0 Å². The lowest BCUT2D eigenvalue weighted by atomic mass is 10.1. The molecule has 0 rings (SSSR count). The van der Waals surface area contributed by atoms with E-state index in [2.05, 4.69) is 6.58 Å². The Hall–Kier alpha value is -1.15. The first-order valence-corrected chi connectivity index (χ1v) is 4.13. The summed E-state index contributed by atoms with van der Waals surface area (Å²) in [6, 6.07) is 0. The van der Waals surface area contributed by atoms with Gasteiger partial charge in [-0.15, -0.1) is 0 Å². The van der Waals surface area contributed by atoms with Gasteiger partial charge < -0.3 is 5.11 Å². The van der Waals surface area contributed by atoms with Gasteiger partial charge in [0.05, 0.1) is 6.61 Å². The van der Waals surface area contributed by atoms with Gasteiger partial charge in [-0.3, -0.25) is 4.79 Å². The number of carbonyl (C=O) groups excluding carboxylic acids is 1. The summed E-state index contributed by atoms with van der Waals surface area (Å²) in [7, 11) is 0. The molecule has 0 saturated heterocycles. The highest BCUT2D eigenvalue weighted by atomic mass is 16.3. The predicted octanol–water partition coefficient (Wildman–Crippen LogP) is 2.02. The minimum atomic E-state index is -0.0270. The molecule has 0 bridgehead atoms. The van der Waals surface area contributed by atoms with Crippen LogP contribution in [-0.4, -0.2) is 17.5 Å². The van der Waals surface area contributed by atoms with E-state index >= 15 is 0 Å². The molecule has 0 aromatic carbocycles. The molecule has 72 valence electrons. The normalized spacial score (nSPS) is 12.9. The van der Waals surface area contributed by atoms with E-state index in [1.54, 1.807) is 19.1 Å². The van der Waals surface area contributed by atoms with Crippen molar-refractivity contribution in [1.82, 2.24) is 0 Å². The van der Waals surface area contributed by atoms with E-state index in [4.69, 9.17) is 5.11 Å². The number of carbonyl (C=O) groups is 1. The van der Waals surface area contributed by atoms with Crippen LogP contribution in [0.1, 0.15) is 20.8 Å². The number of hydrogen-bond donors (Lipinski definition) is 1. The third kappa shape index (κ3) is 5.15. The Morgan fingerprint density at radius 2 is 1.85 bits per heavy atom. The van der Waals surface area contributed by atoms with Gasteiger partial charge in [-0.05, 0) is 32.4 Å². The van der Waals surface area contributed by atoms with Gasteiger partial charge in [0.25, 0.3) is 0 Å². The van der Waals surface area contributed by atoms with Gasteiger partial charge in [0.2, 0.25) is 0 Å². The predicted molar refractivity (Wildman–Crippen MR) is 54.4 cm³/mol. The van der Waals surface area contributed by atoms with E-state index in [9.17, 15) is 4.79 Å². The fourth-order valence-corrected chi connectivity index (χ4v) is 0.821. The molecular weight excluding hydrogens is 164 g/mol. The monoisotopic (exact) mass is 180 g/mol. The molecule has 0 saturated carbocycles. The minimum Gasteiger partial charge on any atom is -0.392 e. The second-order valence-corrected chi connectivity index (χ2v) is 3.15. The summed E-state index contributed by atoms with van der Waals surface area (Å²) in [6.45, 7) is 8.76. The summed E-state index contributed by atoms with van der Waals surface area (Å²) >= 11 is 0. The molecule has 0 heterocycles. The first-order chi connectivity index (χ1) is 5.97. The quantitative estimate of drug-likeness (QED) is 0.531. The largest absolute Gasteiger partial charge is 0.392 e. The molecule has 0 amide bonds. The van der Waals surface area contributed by atoms with Crippen LogP contribution in [0.15, 0.2) is 35.5 Å². The maximum atomic E-state index is 11.1. The number of Topliss-reactive ketones (excluding diaryl/α,β-unsaturated/α-hetero) is 1. The number of ketones is 1. The van der Waals surface area contributed by atoms with Crippen molar-refractivity contribution >= 4 is 5.78 Å². The number of allylic oxidation sites excluding steroid dienone is 4. The molecule has 0 aliphatic rings. The first kappa shape index (κ1) is 11.8. The highest BCUT2D eigenvalue weighted by Crippen LogP contribution is 2.06. The molecule has 0 aliphatic heterocycles. The minimum absolute atomic E-state index is 0.0178. The fraction of sp³-hybridized carbons (Fsp3) is 0.364. The molecule has 0 fully saturated rings. The fourth-order valence-electron chi connectivity index (χ4n) is 0.821. The van der Waals surface area contributed by atoms with Crippen molar-refractivity contribution < 1.29 is 9.90 Å². The Morgan fingerprint density at radius 3 is 2.15 bits per heavy atom. The van der Waals surface area contributed by atoms with Crippen molar-refractivity contribution in [3.05, 3.63) is 35.5 Å². The van der Waals surface area contributed by atoms with Crippen molar-refractivity contribution in [2.75, 3.05) is 6.61 Å². The Kier molecular flexibility index (Phi) is 5.00. The molecule has 2 heteroatoms. The maximum absolute atomic E-state index is 11.1. The molecule has 2 nitrogen and oxygen atoms in total. The van der Waals surface area contributed by atoms with E-state index in [0.717, 1.165) is 11.1 Å². The Bertz CT molecular complexity index is 270. The second-order valence-electron chi connectivity index (χ2n) is 3.15. The van der Waals surface area contributed by atoms with E-state index in [1.165, 1.54) is 6.92 Å². The van der Waals surface area contributed by atoms with Crippen molar-refractivity contribution in [1.29, 1.82) is 0 Å². The average molecular weight is 180 g/mol. The summed E-state index contributed by atoms with van der Waals surface area (Å²) < 4.78 is 0. The Labute approximate surface area is 79.3 Å². The van der Waals surface area contributed by atoms with Crippen LogP contribution in [0.5, 0.6) is 0 Å². The topological polar surface area (TPSA) is 37.3 Å². The highest BCUT2D eigenvalue weighted by molar-refractivity contribution is 5.96. The van der Waals surface area contributed by atoms with E-state index in [0.29, 0.717) is 5.57 Å². The van der Waals surface area contributed by atoms with Crippen molar-refractivity contribution in [2.45, 2.75) is 20.8 Å². The SMILES string of the molecule is C=C(C)/C=C(\C=C(\C)CO)C(C)=O. The van der Waals surface area contributed by atoms with E-state index in [-0.39, 0.29) is 12.4 Å². The average Bonchev–Trinajstić information content (AvgIpc) is 2.02. The van der Waals surface area contributed by atoms with E-state index < -0.39 is 0 Å². The summed E-state index contributed by atoms with van der Waals surface area (Å²) in [6.07, 6.45) is 3.39. The van der Waals surface area contributed by atoms with Crippen LogP contribution in [0.4, 0.5) is 0 Å². The van der Waals surface area contributed by atoms with Crippen molar-refractivity contribution in [2.24, 2.45) is 0 Å². The number of hydrogen-bond acceptors (Lipinski definition) is 2. The third-order valence-electron chi connectivity index (χ3n) is 1.46. The highest BCUT2D eigenvalue weighted by Gasteiger charge is 2.00. The summed E-state index contributed by atoms with van der Waals surface area (Å²) in [5.74, 6) is -0.0178. The number of rotatable bonds is 4. The lowest BCUT2D eigenvalue weighted by Crippen LogP contribution is -1.96. The summed E-state index contributed by atoms with van der Waals surface area (Å²) in [4.78, 5) is 11.1. The van der Waals surface area contributed by atoms with Gasteiger partial charge >= 0.3 is 0 Å². The lowest BCUT2D eigenvalue weighted by Gasteiger charge is -1.99. The molecule has 0 aromatic heterocycles. The van der Waals surface area contributed by atoms with Gasteiger partial charge in [-0.25, -0.2) is 0 Å². The molecule has 0 atom stereocenters. The lowest BCUT2D eigenvalue weighted by molar-refractivity contribution is -0.113. The van der Waals surface area contributed by atoms with Crippen LogP contribution in [0.25, 0.3) is 0 Å². The third-order valence-corrected chi connectivity index (χ3v) is 1.46. The second kappa shape index (κ2) is 5.49. The van der Waals surface area contributed by atoms with Crippen LogP contribution in [0, 0.1) is 0 Å². The Morgan fingerprint density at radius 1 is 1.31 bits per heavy atom. The standard InChI is InChI=1S/C11H16O2/c1-8(2)5-11(10(4)13)6-9(3)7-12/h5-6,12H,1,7H2,2-4H3/b9-6-,11-5+. The molecule has 0 aliphatic carbocycles. The zero-order chi connectivity index (χ0) is 10.4. The van der Waals surface area contributed by atoms with E-state index in [1.807, 2.05) is 6.92 Å². The maximum Gasteiger partial charge on any atom is 0.159 e.